The maximum Gasteiger partial charge on any atom is 0.312 e. The van der Waals surface area contributed by atoms with E-state index in [1.54, 1.807) is 35.3 Å². The van der Waals surface area contributed by atoms with Crippen LogP contribution in [0.5, 0.6) is 0 Å². The molecule has 0 aliphatic heterocycles. The summed E-state index contributed by atoms with van der Waals surface area (Å²) >= 11 is 0. The molecule has 1 aromatic carbocycles. The summed E-state index contributed by atoms with van der Waals surface area (Å²) in [7, 11) is 1.84. The van der Waals surface area contributed by atoms with Crippen LogP contribution in [-0.4, -0.2) is 30.4 Å². The standard InChI is InChI=1S/C19H22N6O3/c1-12-17(11-23(4)21-12)9-20-19(26)16-7-5-15(6-8-16)10-24-14(3)18(25(27)28)13(2)22-24/h5-8,11H,9-10H2,1-4H3,(H,20,26). The third-order valence-electron chi connectivity index (χ3n) is 4.63. The quantitative estimate of drug-likeness (QED) is 0.520. The van der Waals surface area contributed by atoms with E-state index < -0.39 is 4.92 Å². The van der Waals surface area contributed by atoms with Crippen molar-refractivity contribution in [1.82, 2.24) is 24.9 Å². The van der Waals surface area contributed by atoms with Crippen molar-refractivity contribution in [3.05, 3.63) is 74.3 Å². The molecule has 0 saturated carbocycles. The van der Waals surface area contributed by atoms with Crippen molar-refractivity contribution in [3.63, 3.8) is 0 Å². The van der Waals surface area contributed by atoms with Crippen molar-refractivity contribution in [3.8, 4) is 0 Å². The third-order valence-corrected chi connectivity index (χ3v) is 4.63. The lowest BCUT2D eigenvalue weighted by atomic mass is 10.1. The summed E-state index contributed by atoms with van der Waals surface area (Å²) in [6.07, 6.45) is 1.88. The normalized spacial score (nSPS) is 10.9. The van der Waals surface area contributed by atoms with Gasteiger partial charge in [-0.05, 0) is 38.5 Å². The second-order valence-corrected chi connectivity index (χ2v) is 6.73. The minimum absolute atomic E-state index is 0.0432. The fourth-order valence-electron chi connectivity index (χ4n) is 3.14. The van der Waals surface area contributed by atoms with Crippen LogP contribution in [0.15, 0.2) is 30.5 Å². The monoisotopic (exact) mass is 382 g/mol. The largest absolute Gasteiger partial charge is 0.348 e. The van der Waals surface area contributed by atoms with Gasteiger partial charge in [0.15, 0.2) is 0 Å². The van der Waals surface area contributed by atoms with Gasteiger partial charge in [-0.2, -0.15) is 10.2 Å². The van der Waals surface area contributed by atoms with Crippen LogP contribution in [-0.2, 0) is 20.1 Å². The van der Waals surface area contributed by atoms with Gasteiger partial charge in [0.2, 0.25) is 0 Å². The van der Waals surface area contributed by atoms with Crippen molar-refractivity contribution in [2.24, 2.45) is 7.05 Å². The topological polar surface area (TPSA) is 108 Å². The van der Waals surface area contributed by atoms with Gasteiger partial charge in [0.25, 0.3) is 5.91 Å². The molecule has 0 radical (unpaired) electrons. The highest BCUT2D eigenvalue weighted by Gasteiger charge is 2.21. The van der Waals surface area contributed by atoms with Gasteiger partial charge in [-0.1, -0.05) is 12.1 Å². The van der Waals surface area contributed by atoms with Gasteiger partial charge in [-0.15, -0.1) is 0 Å². The molecule has 0 aliphatic rings. The lowest BCUT2D eigenvalue weighted by Gasteiger charge is -2.07. The Morgan fingerprint density at radius 1 is 1.14 bits per heavy atom. The zero-order valence-corrected chi connectivity index (χ0v) is 16.3. The van der Waals surface area contributed by atoms with Crippen molar-refractivity contribution in [2.45, 2.75) is 33.9 Å². The molecule has 28 heavy (non-hydrogen) atoms. The summed E-state index contributed by atoms with van der Waals surface area (Å²) < 4.78 is 3.32. The van der Waals surface area contributed by atoms with Crippen molar-refractivity contribution in [2.75, 3.05) is 0 Å². The van der Waals surface area contributed by atoms with E-state index in [-0.39, 0.29) is 11.6 Å². The van der Waals surface area contributed by atoms with Gasteiger partial charge >= 0.3 is 5.69 Å². The van der Waals surface area contributed by atoms with Crippen LogP contribution in [0.3, 0.4) is 0 Å². The molecule has 9 nitrogen and oxygen atoms in total. The van der Waals surface area contributed by atoms with E-state index in [0.717, 1.165) is 16.8 Å². The van der Waals surface area contributed by atoms with Crippen LogP contribution in [0.4, 0.5) is 5.69 Å². The summed E-state index contributed by atoms with van der Waals surface area (Å²) in [5.41, 5.74) is 4.25. The van der Waals surface area contributed by atoms with E-state index in [1.165, 1.54) is 0 Å². The Bertz CT molecular complexity index is 1030. The van der Waals surface area contributed by atoms with E-state index in [9.17, 15) is 14.9 Å². The molecule has 3 aromatic rings. The van der Waals surface area contributed by atoms with E-state index >= 15 is 0 Å². The number of nitrogens with one attached hydrogen (secondary N) is 1. The van der Waals surface area contributed by atoms with E-state index in [1.807, 2.05) is 32.3 Å². The molecule has 2 aromatic heterocycles. The minimum atomic E-state index is -0.411. The molecule has 0 saturated heterocycles. The van der Waals surface area contributed by atoms with Crippen molar-refractivity contribution < 1.29 is 9.72 Å². The lowest BCUT2D eigenvalue weighted by molar-refractivity contribution is -0.386. The second-order valence-electron chi connectivity index (χ2n) is 6.73. The molecule has 0 fully saturated rings. The Morgan fingerprint density at radius 2 is 1.82 bits per heavy atom. The molecule has 0 bridgehead atoms. The predicted octanol–water partition coefficient (Wildman–Crippen LogP) is 2.43. The van der Waals surface area contributed by atoms with Gasteiger partial charge in [-0.25, -0.2) is 0 Å². The highest BCUT2D eigenvalue weighted by Crippen LogP contribution is 2.22. The van der Waals surface area contributed by atoms with Crippen LogP contribution >= 0.6 is 0 Å². The van der Waals surface area contributed by atoms with Crippen LogP contribution in [0.2, 0.25) is 0 Å². The van der Waals surface area contributed by atoms with Crippen LogP contribution in [0.1, 0.15) is 38.6 Å². The predicted molar refractivity (Wildman–Crippen MR) is 103 cm³/mol. The zero-order chi connectivity index (χ0) is 20.4. The summed E-state index contributed by atoms with van der Waals surface area (Å²) in [6, 6.07) is 7.13. The molecule has 9 heteroatoms. The lowest BCUT2D eigenvalue weighted by Crippen LogP contribution is -2.23. The number of amides is 1. The number of benzene rings is 1. The van der Waals surface area contributed by atoms with Crippen LogP contribution < -0.4 is 5.32 Å². The highest BCUT2D eigenvalue weighted by atomic mass is 16.6. The fraction of sp³-hybridized carbons (Fsp3) is 0.316. The number of carbonyl (C=O) groups is 1. The van der Waals surface area contributed by atoms with E-state index in [4.69, 9.17) is 0 Å². The number of nitro groups is 1. The first-order valence-corrected chi connectivity index (χ1v) is 8.81. The Kier molecular flexibility index (Phi) is 5.25. The van der Waals surface area contributed by atoms with Crippen LogP contribution in [0, 0.1) is 30.9 Å². The number of carbonyl (C=O) groups excluding carboxylic acids is 1. The number of hydrogen-bond donors (Lipinski definition) is 1. The number of hydrogen-bond acceptors (Lipinski definition) is 5. The summed E-state index contributed by atoms with van der Waals surface area (Å²) in [5.74, 6) is -0.170. The maximum absolute atomic E-state index is 12.4. The average molecular weight is 382 g/mol. The number of aryl methyl sites for hydroxylation is 3. The molecule has 0 aliphatic carbocycles. The average Bonchev–Trinajstić information content (AvgIpc) is 3.10. The molecule has 146 valence electrons. The van der Waals surface area contributed by atoms with Gasteiger partial charge in [-0.3, -0.25) is 24.3 Å². The number of aromatic nitrogens is 4. The Hall–Kier alpha value is -3.49. The molecule has 0 spiro atoms. The molecular formula is C19H22N6O3. The molecule has 0 atom stereocenters. The number of nitrogens with zero attached hydrogens (tertiary/aromatic N) is 5. The Morgan fingerprint density at radius 3 is 2.36 bits per heavy atom. The Labute approximate surface area is 162 Å². The second kappa shape index (κ2) is 7.63. The SMILES string of the molecule is Cc1nn(C)cc1CNC(=O)c1ccc(Cn2nc(C)c([N+](=O)[O-])c2C)cc1. The molecule has 2 heterocycles. The third kappa shape index (κ3) is 3.93. The summed E-state index contributed by atoms with van der Waals surface area (Å²) in [4.78, 5) is 23.1. The first-order chi connectivity index (χ1) is 13.3. The fourth-order valence-corrected chi connectivity index (χ4v) is 3.14. The first kappa shape index (κ1) is 19.3. The van der Waals surface area contributed by atoms with E-state index in [2.05, 4.69) is 15.5 Å². The molecule has 1 N–H and O–H groups in total. The van der Waals surface area contributed by atoms with Gasteiger partial charge in [0.05, 0.1) is 17.2 Å². The van der Waals surface area contributed by atoms with E-state index in [0.29, 0.717) is 30.0 Å². The maximum atomic E-state index is 12.4. The zero-order valence-electron chi connectivity index (χ0n) is 16.3. The van der Waals surface area contributed by atoms with Gasteiger partial charge < -0.3 is 5.32 Å². The Balaban J connectivity index is 1.66. The van der Waals surface area contributed by atoms with Crippen LogP contribution in [0.25, 0.3) is 0 Å². The van der Waals surface area contributed by atoms with Crippen molar-refractivity contribution >= 4 is 11.6 Å². The first-order valence-electron chi connectivity index (χ1n) is 8.81. The van der Waals surface area contributed by atoms with Gasteiger partial charge in [0, 0.05) is 30.9 Å². The minimum Gasteiger partial charge on any atom is -0.348 e. The number of rotatable bonds is 6. The summed E-state index contributed by atoms with van der Waals surface area (Å²) in [5, 5.41) is 22.5. The summed E-state index contributed by atoms with van der Waals surface area (Å²) in [6.45, 7) is 6.02. The highest BCUT2D eigenvalue weighted by molar-refractivity contribution is 5.94. The molecule has 1 amide bonds. The molecular weight excluding hydrogens is 360 g/mol. The molecule has 0 unspecified atom stereocenters. The van der Waals surface area contributed by atoms with Gasteiger partial charge in [0.1, 0.15) is 11.4 Å². The van der Waals surface area contributed by atoms with Crippen molar-refractivity contribution in [1.29, 1.82) is 0 Å². The smallest absolute Gasteiger partial charge is 0.312 e. The molecule has 3 rings (SSSR count).